The normalized spacial score (nSPS) is 28.0. The van der Waals surface area contributed by atoms with Crippen LogP contribution in [0.2, 0.25) is 0 Å². The Kier molecular flexibility index (Phi) is 4.97. The Hall–Kier alpha value is -3.23. The van der Waals surface area contributed by atoms with E-state index in [4.69, 9.17) is 4.98 Å². The summed E-state index contributed by atoms with van der Waals surface area (Å²) in [6.07, 6.45) is 9.52. The molecule has 3 fully saturated rings. The van der Waals surface area contributed by atoms with Crippen molar-refractivity contribution < 1.29 is 14.4 Å². The predicted molar refractivity (Wildman–Crippen MR) is 124 cm³/mol. The van der Waals surface area contributed by atoms with Crippen LogP contribution in [0.25, 0.3) is 5.65 Å². The number of amides is 4. The van der Waals surface area contributed by atoms with Crippen molar-refractivity contribution in [2.75, 3.05) is 11.4 Å². The first-order valence-corrected chi connectivity index (χ1v) is 12.5. The van der Waals surface area contributed by atoms with Crippen molar-refractivity contribution in [3.8, 4) is 0 Å². The summed E-state index contributed by atoms with van der Waals surface area (Å²) < 4.78 is 1.47. The van der Waals surface area contributed by atoms with Crippen molar-refractivity contribution in [3.63, 3.8) is 0 Å². The zero-order valence-electron chi connectivity index (χ0n) is 19.2. The lowest BCUT2D eigenvalue weighted by Gasteiger charge is -2.52. The number of carbonyl (C=O) groups is 3. The number of nitrogens with one attached hydrogen (secondary N) is 1. The second kappa shape index (κ2) is 7.92. The summed E-state index contributed by atoms with van der Waals surface area (Å²) in [7, 11) is 0. The summed E-state index contributed by atoms with van der Waals surface area (Å²) in [4.78, 5) is 62.6. The minimum atomic E-state index is -1.51. The average Bonchev–Trinajstić information content (AvgIpc) is 3.11. The first-order chi connectivity index (χ1) is 16.5. The summed E-state index contributed by atoms with van der Waals surface area (Å²) in [5, 5.41) is 2.53. The Labute approximate surface area is 197 Å². The number of barbiturate groups is 1. The number of nitrogens with zero attached hydrogens (tertiary/aromatic N) is 4. The highest BCUT2D eigenvalue weighted by Gasteiger charge is 2.63. The molecule has 0 aromatic carbocycles. The number of imide groups is 2. The van der Waals surface area contributed by atoms with Gasteiger partial charge in [0.2, 0.25) is 11.8 Å². The summed E-state index contributed by atoms with van der Waals surface area (Å²) in [5.41, 5.74) is -0.844. The third kappa shape index (κ3) is 2.95. The van der Waals surface area contributed by atoms with E-state index >= 15 is 0 Å². The Balaban J connectivity index is 1.54. The molecule has 2 aromatic rings. The van der Waals surface area contributed by atoms with Crippen LogP contribution in [0.3, 0.4) is 0 Å². The highest BCUT2D eigenvalue weighted by atomic mass is 16.2. The van der Waals surface area contributed by atoms with Crippen LogP contribution in [0.15, 0.2) is 29.2 Å². The summed E-state index contributed by atoms with van der Waals surface area (Å²) in [6, 6.07) is 4.13. The molecule has 9 nitrogen and oxygen atoms in total. The molecule has 2 saturated heterocycles. The van der Waals surface area contributed by atoms with Gasteiger partial charge in [0, 0.05) is 25.2 Å². The number of fused-ring (bicyclic) bond motifs is 5. The van der Waals surface area contributed by atoms with Crippen LogP contribution in [0.4, 0.5) is 10.6 Å². The molecule has 2 atom stereocenters. The Bertz CT molecular complexity index is 1250. The van der Waals surface area contributed by atoms with E-state index in [9.17, 15) is 19.2 Å². The molecule has 0 radical (unpaired) electrons. The molecule has 1 aliphatic carbocycles. The molecule has 0 bridgehead atoms. The maximum absolute atomic E-state index is 14.3. The fourth-order valence-corrected chi connectivity index (χ4v) is 6.57. The molecule has 34 heavy (non-hydrogen) atoms. The second-order valence-corrected chi connectivity index (χ2v) is 10.1. The molecule has 1 saturated carbocycles. The van der Waals surface area contributed by atoms with Gasteiger partial charge in [-0.25, -0.2) is 9.78 Å². The van der Waals surface area contributed by atoms with Crippen LogP contribution >= 0.6 is 0 Å². The fourth-order valence-electron chi connectivity index (χ4n) is 6.57. The van der Waals surface area contributed by atoms with Gasteiger partial charge < -0.3 is 4.90 Å². The Morgan fingerprint density at radius 2 is 1.71 bits per heavy atom. The third-order valence-corrected chi connectivity index (χ3v) is 8.24. The van der Waals surface area contributed by atoms with Crippen LogP contribution in [-0.2, 0) is 16.0 Å². The lowest BCUT2D eigenvalue weighted by atomic mass is 9.67. The molecule has 0 unspecified atom stereocenters. The number of urea groups is 1. The van der Waals surface area contributed by atoms with Crippen LogP contribution in [0, 0.1) is 5.41 Å². The van der Waals surface area contributed by atoms with Crippen LogP contribution < -0.4 is 15.8 Å². The van der Waals surface area contributed by atoms with E-state index in [0.717, 1.165) is 51.4 Å². The van der Waals surface area contributed by atoms with Gasteiger partial charge in [0.15, 0.2) is 5.41 Å². The minimum absolute atomic E-state index is 0.0334. The zero-order chi connectivity index (χ0) is 23.4. The highest BCUT2D eigenvalue weighted by molar-refractivity contribution is 6.20. The predicted octanol–water partition coefficient (Wildman–Crippen LogP) is 2.40. The third-order valence-electron chi connectivity index (χ3n) is 8.24. The van der Waals surface area contributed by atoms with Gasteiger partial charge in [0.05, 0.1) is 11.6 Å². The lowest BCUT2D eigenvalue weighted by molar-refractivity contribution is -0.155. The molecule has 2 aromatic heterocycles. The van der Waals surface area contributed by atoms with E-state index in [2.05, 4.69) is 5.32 Å². The maximum atomic E-state index is 14.3. The van der Waals surface area contributed by atoms with Gasteiger partial charge >= 0.3 is 6.03 Å². The molecule has 3 aliphatic heterocycles. The largest absolute Gasteiger partial charge is 0.352 e. The van der Waals surface area contributed by atoms with Crippen molar-refractivity contribution in [3.05, 3.63) is 40.3 Å². The van der Waals surface area contributed by atoms with Gasteiger partial charge in [0.1, 0.15) is 11.5 Å². The Morgan fingerprint density at radius 3 is 2.53 bits per heavy atom. The van der Waals surface area contributed by atoms with E-state index in [-0.39, 0.29) is 18.0 Å². The van der Waals surface area contributed by atoms with Crippen LogP contribution in [0.5, 0.6) is 0 Å². The van der Waals surface area contributed by atoms with E-state index < -0.39 is 29.3 Å². The number of carbonyl (C=O) groups excluding carboxylic acids is 3. The number of pyridine rings is 1. The highest BCUT2D eigenvalue weighted by Crippen LogP contribution is 2.46. The summed E-state index contributed by atoms with van der Waals surface area (Å²) >= 11 is 0. The van der Waals surface area contributed by atoms with Crippen LogP contribution in [-0.4, -0.2) is 50.8 Å². The Morgan fingerprint density at radius 1 is 0.941 bits per heavy atom. The quantitative estimate of drug-likeness (QED) is 0.652. The molecule has 9 heteroatoms. The molecule has 5 heterocycles. The van der Waals surface area contributed by atoms with Gasteiger partial charge in [0.25, 0.3) is 5.56 Å². The van der Waals surface area contributed by atoms with E-state index in [0.29, 0.717) is 30.0 Å². The van der Waals surface area contributed by atoms with E-state index in [1.165, 1.54) is 9.30 Å². The SMILES string of the molecule is O=C1NC(=O)[C@]2(Cc3c(nc4ccccn4c3=O)N3CCCCC[C@H]32)C(=O)N1C1CCCCC1. The lowest BCUT2D eigenvalue weighted by Crippen LogP contribution is -2.73. The summed E-state index contributed by atoms with van der Waals surface area (Å²) in [6.45, 7) is 0.618. The van der Waals surface area contributed by atoms with Crippen molar-refractivity contribution in [2.24, 2.45) is 5.41 Å². The first-order valence-electron chi connectivity index (χ1n) is 12.5. The topological polar surface area (TPSA) is 104 Å². The van der Waals surface area contributed by atoms with Gasteiger partial charge in [-0.1, -0.05) is 38.2 Å². The second-order valence-electron chi connectivity index (χ2n) is 10.1. The molecule has 1 spiro atoms. The molecule has 1 N–H and O–H groups in total. The number of hydrogen-bond donors (Lipinski definition) is 1. The molecule has 4 aliphatic rings. The van der Waals surface area contributed by atoms with E-state index in [1.807, 2.05) is 11.0 Å². The number of rotatable bonds is 1. The number of aromatic nitrogens is 2. The smallest absolute Gasteiger partial charge is 0.331 e. The maximum Gasteiger partial charge on any atom is 0.331 e. The van der Waals surface area contributed by atoms with Crippen molar-refractivity contribution in [2.45, 2.75) is 76.3 Å². The molecular weight excluding hydrogens is 434 g/mol. The number of anilines is 1. The van der Waals surface area contributed by atoms with Crippen molar-refractivity contribution in [1.29, 1.82) is 0 Å². The summed E-state index contributed by atoms with van der Waals surface area (Å²) in [5.74, 6) is -0.432. The molecule has 4 amide bonds. The van der Waals surface area contributed by atoms with E-state index in [1.54, 1.807) is 18.3 Å². The fraction of sp³-hybridized carbons (Fsp3) is 0.560. The van der Waals surface area contributed by atoms with Gasteiger partial charge in [-0.3, -0.25) is 29.0 Å². The molecule has 6 rings (SSSR count). The van der Waals surface area contributed by atoms with Crippen molar-refractivity contribution >= 4 is 29.3 Å². The molecular formula is C25H29N5O4. The van der Waals surface area contributed by atoms with Gasteiger partial charge in [-0.05, 0) is 37.8 Å². The van der Waals surface area contributed by atoms with Crippen LogP contribution in [0.1, 0.15) is 63.4 Å². The first kappa shape index (κ1) is 21.3. The molecule has 178 valence electrons. The minimum Gasteiger partial charge on any atom is -0.352 e. The monoisotopic (exact) mass is 463 g/mol. The number of hydrogen-bond acceptors (Lipinski definition) is 6. The van der Waals surface area contributed by atoms with Gasteiger partial charge in [-0.2, -0.15) is 0 Å². The van der Waals surface area contributed by atoms with Crippen molar-refractivity contribution in [1.82, 2.24) is 19.6 Å². The van der Waals surface area contributed by atoms with Gasteiger partial charge in [-0.15, -0.1) is 0 Å². The zero-order valence-corrected chi connectivity index (χ0v) is 19.2. The average molecular weight is 464 g/mol. The standard InChI is InChI=1S/C25H29N5O4/c31-21-17-15-25(22(32)27-24(34)30(23(25)33)16-9-3-1-4-10-16)18-11-5-2-7-13-28(18)20(17)26-19-12-6-8-14-29(19)21/h6,8,12,14,16,18H,1-5,7,9-11,13,15H2,(H,27,32,34)/t18-,25+/m0/s1.